The highest BCUT2D eigenvalue weighted by molar-refractivity contribution is 6.21. The number of nitrogens with one attached hydrogen (secondary N) is 2. The minimum absolute atomic E-state index is 0.146. The van der Waals surface area contributed by atoms with Crippen LogP contribution in [-0.4, -0.2) is 49.6 Å². The van der Waals surface area contributed by atoms with E-state index in [0.717, 1.165) is 32.7 Å². The van der Waals surface area contributed by atoms with Gasteiger partial charge < -0.3 is 9.80 Å². The van der Waals surface area contributed by atoms with Crippen LogP contribution in [0.4, 0.5) is 0 Å². The Morgan fingerprint density at radius 1 is 0.808 bits per heavy atom. The van der Waals surface area contributed by atoms with Crippen molar-refractivity contribution in [2.75, 3.05) is 32.8 Å². The van der Waals surface area contributed by atoms with Crippen LogP contribution in [0.1, 0.15) is 31.8 Å². The van der Waals surface area contributed by atoms with E-state index < -0.39 is 0 Å². The zero-order chi connectivity index (χ0) is 18.1. The summed E-state index contributed by atoms with van der Waals surface area (Å²) in [7, 11) is 0. The number of nitrogens with zero attached hydrogens (tertiary/aromatic N) is 1. The van der Waals surface area contributed by atoms with E-state index in [0.29, 0.717) is 17.8 Å². The largest absolute Gasteiger partial charge is 0.322 e. The highest BCUT2D eigenvalue weighted by Gasteiger charge is 2.38. The summed E-state index contributed by atoms with van der Waals surface area (Å²) in [6, 6.07) is 15.7. The van der Waals surface area contributed by atoms with Crippen LogP contribution >= 0.6 is 0 Å². The molecule has 2 aliphatic rings. The number of benzene rings is 2. The molecule has 2 N–H and O–H groups in total. The molecule has 5 nitrogen and oxygen atoms in total. The summed E-state index contributed by atoms with van der Waals surface area (Å²) in [5, 5.41) is 0. The third kappa shape index (κ3) is 3.16. The molecule has 134 valence electrons. The second kappa shape index (κ2) is 7.02. The Balaban J connectivity index is 1.34. The molecule has 26 heavy (non-hydrogen) atoms. The number of carbonyl (C=O) groups excluding carboxylic acids is 2. The zero-order valence-corrected chi connectivity index (χ0v) is 15.1. The number of rotatable bonds is 4. The highest BCUT2D eigenvalue weighted by atomic mass is 16.2. The average Bonchev–Trinajstić information content (AvgIpc) is 2.90. The van der Waals surface area contributed by atoms with E-state index in [1.54, 1.807) is 17.0 Å². The standard InChI is InChI=1S/C21H23N3O2/c1-16-6-2-3-7-17(16)14-22-10-12-23(13-11-22)15-24-20(25)18-8-4-5-9-19(18)21(24)26/h2-9H,10-15H2,1H3/p+2. The Bertz CT molecular complexity index is 806. The van der Waals surface area contributed by atoms with E-state index in [1.807, 2.05) is 12.1 Å². The first kappa shape index (κ1) is 16.9. The third-order valence-corrected chi connectivity index (χ3v) is 5.63. The lowest BCUT2D eigenvalue weighted by Gasteiger charge is -2.31. The van der Waals surface area contributed by atoms with Gasteiger partial charge in [0.25, 0.3) is 11.8 Å². The quantitative estimate of drug-likeness (QED) is 0.732. The molecule has 0 aliphatic carbocycles. The summed E-state index contributed by atoms with van der Waals surface area (Å²) in [4.78, 5) is 29.3. The van der Waals surface area contributed by atoms with E-state index in [-0.39, 0.29) is 11.8 Å². The predicted molar refractivity (Wildman–Crippen MR) is 98.1 cm³/mol. The van der Waals surface area contributed by atoms with Gasteiger partial charge >= 0.3 is 0 Å². The molecule has 2 aromatic rings. The van der Waals surface area contributed by atoms with Gasteiger partial charge in [0.2, 0.25) is 0 Å². The molecule has 0 unspecified atom stereocenters. The fourth-order valence-corrected chi connectivity index (χ4v) is 3.98. The van der Waals surface area contributed by atoms with Gasteiger partial charge in [0, 0.05) is 5.56 Å². The molecule has 0 radical (unpaired) electrons. The minimum atomic E-state index is -0.146. The Labute approximate surface area is 153 Å². The average molecular weight is 351 g/mol. The lowest BCUT2D eigenvalue weighted by molar-refractivity contribution is -1.02. The summed E-state index contributed by atoms with van der Waals surface area (Å²) in [6.07, 6.45) is 0. The zero-order valence-electron chi connectivity index (χ0n) is 15.1. The molecular weight excluding hydrogens is 326 g/mol. The van der Waals surface area contributed by atoms with Crippen LogP contribution in [0.3, 0.4) is 0 Å². The van der Waals surface area contributed by atoms with Crippen molar-refractivity contribution in [1.29, 1.82) is 0 Å². The van der Waals surface area contributed by atoms with Crippen LogP contribution in [-0.2, 0) is 6.54 Å². The van der Waals surface area contributed by atoms with Crippen molar-refractivity contribution < 1.29 is 19.4 Å². The number of hydrogen-bond acceptors (Lipinski definition) is 2. The molecule has 0 aromatic heterocycles. The monoisotopic (exact) mass is 351 g/mol. The molecule has 1 saturated heterocycles. The van der Waals surface area contributed by atoms with Gasteiger partial charge in [-0.1, -0.05) is 36.4 Å². The van der Waals surface area contributed by atoms with E-state index in [1.165, 1.54) is 20.9 Å². The number of carbonyl (C=O) groups is 2. The van der Waals surface area contributed by atoms with Gasteiger partial charge in [-0.05, 0) is 24.6 Å². The van der Waals surface area contributed by atoms with Crippen LogP contribution < -0.4 is 9.80 Å². The molecule has 2 heterocycles. The Morgan fingerprint density at radius 2 is 1.35 bits per heavy atom. The van der Waals surface area contributed by atoms with Gasteiger partial charge in [0.15, 0.2) is 6.67 Å². The van der Waals surface area contributed by atoms with Crippen LogP contribution in [0.2, 0.25) is 0 Å². The Hall–Kier alpha value is -2.50. The fourth-order valence-electron chi connectivity index (χ4n) is 3.98. The first-order valence-electron chi connectivity index (χ1n) is 9.30. The molecule has 0 bridgehead atoms. The maximum atomic E-state index is 12.5. The first-order valence-corrected chi connectivity index (χ1v) is 9.30. The van der Waals surface area contributed by atoms with E-state index in [2.05, 4.69) is 31.2 Å². The van der Waals surface area contributed by atoms with E-state index in [9.17, 15) is 9.59 Å². The number of fused-ring (bicyclic) bond motifs is 1. The summed E-state index contributed by atoms with van der Waals surface area (Å²) < 4.78 is 0. The molecule has 0 spiro atoms. The summed E-state index contributed by atoms with van der Waals surface area (Å²) in [5.74, 6) is -0.291. The number of aryl methyl sites for hydroxylation is 1. The summed E-state index contributed by atoms with van der Waals surface area (Å²) >= 11 is 0. The van der Waals surface area contributed by atoms with Crippen LogP contribution in [0, 0.1) is 6.92 Å². The van der Waals surface area contributed by atoms with Gasteiger partial charge in [0.1, 0.15) is 32.7 Å². The van der Waals surface area contributed by atoms with E-state index in [4.69, 9.17) is 0 Å². The van der Waals surface area contributed by atoms with Crippen LogP contribution in [0.5, 0.6) is 0 Å². The van der Waals surface area contributed by atoms with Gasteiger partial charge in [-0.2, -0.15) is 0 Å². The lowest BCUT2D eigenvalue weighted by Crippen LogP contribution is -3.28. The van der Waals surface area contributed by atoms with Gasteiger partial charge in [-0.15, -0.1) is 0 Å². The minimum Gasteiger partial charge on any atom is -0.322 e. The summed E-state index contributed by atoms with van der Waals surface area (Å²) in [6.45, 7) is 7.78. The fraction of sp³-hybridized carbons (Fsp3) is 0.333. The predicted octanol–water partition coefficient (Wildman–Crippen LogP) is -0.468. The van der Waals surface area contributed by atoms with E-state index >= 15 is 0 Å². The highest BCUT2D eigenvalue weighted by Crippen LogP contribution is 2.21. The maximum absolute atomic E-state index is 12.5. The molecule has 4 rings (SSSR count). The molecule has 1 fully saturated rings. The molecule has 2 aliphatic heterocycles. The molecule has 2 aromatic carbocycles. The number of quaternary nitrogens is 2. The van der Waals surface area contributed by atoms with Gasteiger partial charge in [-0.25, -0.2) is 4.90 Å². The first-order chi connectivity index (χ1) is 12.6. The second-order valence-corrected chi connectivity index (χ2v) is 7.35. The SMILES string of the molecule is Cc1ccccc1C[NH+]1CC[NH+](CN2C(=O)c3ccccc3C2=O)CC1. The third-order valence-electron chi connectivity index (χ3n) is 5.63. The Morgan fingerprint density at radius 3 is 1.96 bits per heavy atom. The van der Waals surface area contributed by atoms with Crippen molar-refractivity contribution in [1.82, 2.24) is 4.90 Å². The molecule has 2 amide bonds. The lowest BCUT2D eigenvalue weighted by atomic mass is 10.1. The van der Waals surface area contributed by atoms with Crippen LogP contribution in [0.25, 0.3) is 0 Å². The Kier molecular flexibility index (Phi) is 4.57. The molecular formula is C21H25N3O2+2. The van der Waals surface area contributed by atoms with Crippen molar-refractivity contribution in [2.45, 2.75) is 13.5 Å². The maximum Gasteiger partial charge on any atom is 0.265 e. The van der Waals surface area contributed by atoms with Crippen molar-refractivity contribution >= 4 is 11.8 Å². The van der Waals surface area contributed by atoms with Crippen LogP contribution in [0.15, 0.2) is 48.5 Å². The van der Waals surface area contributed by atoms with Gasteiger partial charge in [-0.3, -0.25) is 9.59 Å². The summed E-state index contributed by atoms with van der Waals surface area (Å²) in [5.41, 5.74) is 3.84. The number of amides is 2. The second-order valence-electron chi connectivity index (χ2n) is 7.35. The van der Waals surface area contributed by atoms with Crippen molar-refractivity contribution in [3.05, 3.63) is 70.8 Å². The molecule has 5 heteroatoms. The van der Waals surface area contributed by atoms with Gasteiger partial charge in [0.05, 0.1) is 11.1 Å². The van der Waals surface area contributed by atoms with Crippen molar-refractivity contribution in [3.8, 4) is 0 Å². The number of imide groups is 1. The molecule has 0 saturated carbocycles. The van der Waals surface area contributed by atoms with Crippen molar-refractivity contribution in [3.63, 3.8) is 0 Å². The number of piperazine rings is 1. The molecule has 0 atom stereocenters. The topological polar surface area (TPSA) is 46.3 Å². The smallest absolute Gasteiger partial charge is 0.265 e. The normalized spacial score (nSPS) is 22.6. The van der Waals surface area contributed by atoms with Crippen molar-refractivity contribution in [2.24, 2.45) is 0 Å². The number of hydrogen-bond donors (Lipinski definition) is 2.